The Hall–Kier alpha value is -4.18. The number of ketones is 1. The predicted octanol–water partition coefficient (Wildman–Crippen LogP) is 13.1. The van der Waals surface area contributed by atoms with Crippen molar-refractivity contribution in [1.82, 2.24) is 4.98 Å². The van der Waals surface area contributed by atoms with Crippen molar-refractivity contribution in [3.05, 3.63) is 126 Å². The van der Waals surface area contributed by atoms with Gasteiger partial charge in [0.1, 0.15) is 11.6 Å². The second kappa shape index (κ2) is 16.4. The monoisotopic (exact) mass is 859 g/mol. The van der Waals surface area contributed by atoms with Crippen molar-refractivity contribution in [2.75, 3.05) is 0 Å². The Balaban J connectivity index is 0.000000279. The number of fused-ring (bicyclic) bond motifs is 5. The van der Waals surface area contributed by atoms with Crippen molar-refractivity contribution in [3.63, 3.8) is 0 Å². The number of carbonyl (C=O) groups is 1. The first-order chi connectivity index (χ1) is 23.9. The number of halogens is 1. The number of allylic oxidation sites excluding steroid dienone is 2. The number of rotatable bonds is 9. The average Bonchev–Trinajstić information content (AvgIpc) is 3.13. The molecular formula is C46H49FIrNO2-. The Labute approximate surface area is 316 Å². The molecule has 5 heteroatoms. The van der Waals surface area contributed by atoms with Gasteiger partial charge in [-0.15, -0.1) is 34.9 Å². The second-order valence-electron chi connectivity index (χ2n) is 14.1. The molecule has 1 aromatic heterocycles. The summed E-state index contributed by atoms with van der Waals surface area (Å²) in [5.41, 5.74) is 5.82. The summed E-state index contributed by atoms with van der Waals surface area (Å²) in [6, 6.07) is 31.7. The maximum atomic E-state index is 13.3. The Morgan fingerprint density at radius 2 is 1.27 bits per heavy atom. The minimum absolute atomic E-state index is 0. The Morgan fingerprint density at radius 3 is 1.90 bits per heavy atom. The number of aliphatic hydroxyl groups is 1. The van der Waals surface area contributed by atoms with Gasteiger partial charge in [-0.05, 0) is 99.1 Å². The van der Waals surface area contributed by atoms with Gasteiger partial charge in [0.25, 0.3) is 0 Å². The van der Waals surface area contributed by atoms with Crippen LogP contribution in [0.3, 0.4) is 0 Å². The maximum Gasteiger partial charge on any atom is 0.164 e. The van der Waals surface area contributed by atoms with E-state index in [0.29, 0.717) is 0 Å². The third kappa shape index (κ3) is 8.32. The summed E-state index contributed by atoms with van der Waals surface area (Å²) >= 11 is 0. The average molecular weight is 859 g/mol. The van der Waals surface area contributed by atoms with Crippen LogP contribution in [-0.4, -0.2) is 15.9 Å². The van der Waals surface area contributed by atoms with Crippen molar-refractivity contribution < 1.29 is 34.4 Å². The zero-order chi connectivity index (χ0) is 36.2. The molecule has 51 heavy (non-hydrogen) atoms. The summed E-state index contributed by atoms with van der Waals surface area (Å²) < 4.78 is 13.3. The van der Waals surface area contributed by atoms with E-state index >= 15 is 0 Å². The summed E-state index contributed by atoms with van der Waals surface area (Å²) in [5, 5.41) is 17.3. The molecule has 0 saturated carbocycles. The Morgan fingerprint density at radius 1 is 0.725 bits per heavy atom. The van der Waals surface area contributed by atoms with Crippen LogP contribution >= 0.6 is 0 Å². The first-order valence-corrected chi connectivity index (χ1v) is 17.8. The standard InChI is InChI=1S/C31H21FN.C15H28O2.Ir/c1-19-15-20(2)17-24(16-19)31-30-12-11-27-26-9-5-22(21-3-7-25(32)8-4-21)18-23(26)6-10-28(27)29(30)13-14-33-31;1-7-14(5,8-2)12(16)11-13(17)15(6,9-3)10-4;/h3-16,18H,1-2H3;11,16H,7-10H2,1-6H3;/q-1;;/b;12-11-;. The van der Waals surface area contributed by atoms with Crippen LogP contribution in [0.4, 0.5) is 4.39 Å². The van der Waals surface area contributed by atoms with Crippen LogP contribution in [0.5, 0.6) is 0 Å². The Kier molecular flexibility index (Phi) is 12.8. The van der Waals surface area contributed by atoms with Crippen LogP contribution in [-0.2, 0) is 24.9 Å². The van der Waals surface area contributed by atoms with Gasteiger partial charge in [-0.2, -0.15) is 0 Å². The molecule has 0 bridgehead atoms. The van der Waals surface area contributed by atoms with Crippen LogP contribution < -0.4 is 0 Å². The van der Waals surface area contributed by atoms with Crippen LogP contribution in [0.1, 0.15) is 78.4 Å². The third-order valence-corrected chi connectivity index (χ3v) is 10.9. The van der Waals surface area contributed by atoms with E-state index in [9.17, 15) is 14.3 Å². The molecule has 1 heterocycles. The minimum Gasteiger partial charge on any atom is -0.512 e. The molecular weight excluding hydrogens is 810 g/mol. The van der Waals surface area contributed by atoms with Gasteiger partial charge < -0.3 is 10.1 Å². The van der Waals surface area contributed by atoms with Gasteiger partial charge >= 0.3 is 0 Å². The smallest absolute Gasteiger partial charge is 0.164 e. The number of benzene rings is 5. The zero-order valence-corrected chi connectivity index (χ0v) is 33.5. The first kappa shape index (κ1) is 39.6. The molecule has 267 valence electrons. The normalized spacial score (nSPS) is 12.1. The topological polar surface area (TPSA) is 50.2 Å². The number of hydrogen-bond acceptors (Lipinski definition) is 3. The largest absolute Gasteiger partial charge is 0.512 e. The fourth-order valence-electron chi connectivity index (χ4n) is 6.55. The van der Waals surface area contributed by atoms with Crippen molar-refractivity contribution in [1.29, 1.82) is 0 Å². The quantitative estimate of drug-likeness (QED) is 0.0682. The molecule has 6 aromatic rings. The van der Waals surface area contributed by atoms with Crippen molar-refractivity contribution in [2.45, 2.75) is 81.1 Å². The van der Waals surface area contributed by atoms with Crippen LogP contribution in [0.15, 0.2) is 103 Å². The zero-order valence-electron chi connectivity index (χ0n) is 31.1. The molecule has 6 rings (SSSR count). The molecule has 3 nitrogen and oxygen atoms in total. The van der Waals surface area contributed by atoms with E-state index in [2.05, 4.69) is 80.6 Å². The summed E-state index contributed by atoms with van der Waals surface area (Å²) in [7, 11) is 0. The number of aliphatic hydroxyl groups excluding tert-OH is 1. The molecule has 0 aliphatic rings. The predicted molar refractivity (Wildman–Crippen MR) is 209 cm³/mol. The summed E-state index contributed by atoms with van der Waals surface area (Å²) in [5.74, 6) is 0.0680. The fraction of sp³-hybridized carbons (Fsp3) is 0.304. The van der Waals surface area contributed by atoms with E-state index in [1.807, 2.05) is 59.9 Å². The number of nitrogens with zero attached hydrogens (tertiary/aromatic N) is 1. The van der Waals surface area contributed by atoms with E-state index in [0.717, 1.165) is 59.0 Å². The van der Waals surface area contributed by atoms with Gasteiger partial charge in [0.15, 0.2) is 5.78 Å². The summed E-state index contributed by atoms with van der Waals surface area (Å²) in [6.07, 6.45) is 6.65. The number of carbonyl (C=O) groups excluding carboxylic acids is 1. The second-order valence-corrected chi connectivity index (χ2v) is 14.1. The van der Waals surface area contributed by atoms with Gasteiger partial charge in [-0.1, -0.05) is 104 Å². The molecule has 0 aliphatic carbocycles. The molecule has 0 spiro atoms. The van der Waals surface area contributed by atoms with Gasteiger partial charge in [-0.25, -0.2) is 4.39 Å². The molecule has 5 aromatic carbocycles. The van der Waals surface area contributed by atoms with Crippen molar-refractivity contribution in [2.24, 2.45) is 10.8 Å². The van der Waals surface area contributed by atoms with E-state index in [4.69, 9.17) is 4.98 Å². The van der Waals surface area contributed by atoms with E-state index in [-0.39, 0.29) is 48.3 Å². The summed E-state index contributed by atoms with van der Waals surface area (Å²) in [6.45, 7) is 16.3. The van der Waals surface area contributed by atoms with Crippen molar-refractivity contribution in [3.8, 4) is 22.4 Å². The van der Waals surface area contributed by atoms with Crippen LogP contribution in [0, 0.1) is 36.6 Å². The first-order valence-electron chi connectivity index (χ1n) is 17.8. The number of hydrogen-bond donors (Lipinski definition) is 1. The maximum absolute atomic E-state index is 13.3. The van der Waals surface area contributed by atoms with E-state index in [1.54, 1.807) is 0 Å². The van der Waals surface area contributed by atoms with Gasteiger partial charge in [-0.3, -0.25) is 4.79 Å². The Bertz CT molecular complexity index is 2170. The fourth-order valence-corrected chi connectivity index (χ4v) is 6.55. The van der Waals surface area contributed by atoms with Gasteiger partial charge in [0.05, 0.1) is 0 Å². The summed E-state index contributed by atoms with van der Waals surface area (Å²) in [4.78, 5) is 16.9. The molecule has 0 atom stereocenters. The molecule has 0 saturated heterocycles. The van der Waals surface area contributed by atoms with Crippen LogP contribution in [0.25, 0.3) is 54.7 Å². The van der Waals surface area contributed by atoms with Gasteiger partial charge in [0, 0.05) is 43.2 Å². The molecule has 0 amide bonds. The molecule has 1 N–H and O–H groups in total. The van der Waals surface area contributed by atoms with Crippen molar-refractivity contribution >= 4 is 38.1 Å². The molecule has 0 aliphatic heterocycles. The number of aromatic nitrogens is 1. The SMILES string of the molecule is CCC(C)(CC)C(=O)/C=C(\O)C(C)(CC)CC.Cc1[c-]c(-c2nccc3c2ccc2c4ccc(-c5ccc(F)cc5)cc4ccc32)cc(C)c1.[Ir]. The molecule has 0 fully saturated rings. The van der Waals surface area contributed by atoms with E-state index < -0.39 is 0 Å². The number of pyridine rings is 1. The molecule has 0 unspecified atom stereocenters. The van der Waals surface area contributed by atoms with E-state index in [1.165, 1.54) is 50.7 Å². The van der Waals surface area contributed by atoms with Crippen LogP contribution in [0.2, 0.25) is 0 Å². The number of aryl methyl sites for hydroxylation is 2. The van der Waals surface area contributed by atoms with Gasteiger partial charge in [0.2, 0.25) is 0 Å². The molecule has 1 radical (unpaired) electrons. The minimum atomic E-state index is -0.337. The third-order valence-electron chi connectivity index (χ3n) is 10.9.